The van der Waals surface area contributed by atoms with Crippen molar-refractivity contribution in [3.8, 4) is 11.5 Å². The van der Waals surface area contributed by atoms with E-state index in [0.717, 1.165) is 28.3 Å². The second kappa shape index (κ2) is 13.3. The number of ether oxygens (including phenoxy) is 5. The lowest BCUT2D eigenvalue weighted by Gasteiger charge is -2.37. The fourth-order valence-corrected chi connectivity index (χ4v) is 6.33. The molecule has 220 valence electrons. The van der Waals surface area contributed by atoms with Crippen molar-refractivity contribution in [3.63, 3.8) is 0 Å². The SMILES string of the molecule is COc1c(C)c2c(c(OCC[Si](C)(C)C)c1C/C=C(\C)CNCCP(=O)(O)O[C@@H](C)C1OC(C)O1)C(=O)OC2. The number of carbonyl (C=O) groups excluding carboxylic acids is 1. The molecule has 1 saturated heterocycles. The summed E-state index contributed by atoms with van der Waals surface area (Å²) in [5.41, 5.74) is 4.05. The van der Waals surface area contributed by atoms with E-state index in [-0.39, 0.29) is 25.0 Å². The van der Waals surface area contributed by atoms with Crippen molar-refractivity contribution in [1.82, 2.24) is 5.32 Å². The van der Waals surface area contributed by atoms with Gasteiger partial charge in [-0.3, -0.25) is 4.57 Å². The summed E-state index contributed by atoms with van der Waals surface area (Å²) < 4.78 is 45.8. The molecule has 0 amide bonds. The van der Waals surface area contributed by atoms with Crippen LogP contribution in [0.1, 0.15) is 47.8 Å². The zero-order chi connectivity index (χ0) is 29.0. The van der Waals surface area contributed by atoms with E-state index < -0.39 is 28.1 Å². The fourth-order valence-electron chi connectivity index (χ4n) is 4.45. The summed E-state index contributed by atoms with van der Waals surface area (Å²) in [4.78, 5) is 22.8. The molecule has 1 unspecified atom stereocenters. The maximum Gasteiger partial charge on any atom is 0.342 e. The number of rotatable bonds is 15. The van der Waals surface area contributed by atoms with Gasteiger partial charge >= 0.3 is 13.6 Å². The van der Waals surface area contributed by atoms with Crippen molar-refractivity contribution in [1.29, 1.82) is 0 Å². The summed E-state index contributed by atoms with van der Waals surface area (Å²) >= 11 is 0. The summed E-state index contributed by atoms with van der Waals surface area (Å²) in [6.07, 6.45) is 0.930. The number of nitrogens with one attached hydrogen (secondary N) is 1. The largest absolute Gasteiger partial charge is 0.496 e. The minimum Gasteiger partial charge on any atom is -0.496 e. The van der Waals surface area contributed by atoms with Crippen molar-refractivity contribution in [2.45, 2.75) is 85.1 Å². The van der Waals surface area contributed by atoms with Crippen LogP contribution >= 0.6 is 7.60 Å². The number of cyclic esters (lactones) is 1. The van der Waals surface area contributed by atoms with Gasteiger partial charge in [0.25, 0.3) is 0 Å². The Morgan fingerprint density at radius 2 is 1.97 bits per heavy atom. The van der Waals surface area contributed by atoms with E-state index in [1.165, 1.54) is 0 Å². The maximum absolute atomic E-state index is 12.7. The first kappa shape index (κ1) is 31.8. The number of allylic oxidation sites excluding steroid dienone is 1. The van der Waals surface area contributed by atoms with Crippen LogP contribution in [0.25, 0.3) is 0 Å². The van der Waals surface area contributed by atoms with Gasteiger partial charge in [0, 0.05) is 32.3 Å². The predicted molar refractivity (Wildman–Crippen MR) is 151 cm³/mol. The first-order valence-corrected chi connectivity index (χ1v) is 18.9. The van der Waals surface area contributed by atoms with Crippen LogP contribution in [-0.4, -0.2) is 70.6 Å². The van der Waals surface area contributed by atoms with E-state index in [0.29, 0.717) is 43.2 Å². The highest BCUT2D eigenvalue weighted by atomic mass is 31.2. The molecule has 1 aromatic carbocycles. The third-order valence-electron chi connectivity index (χ3n) is 6.72. The molecule has 12 heteroatoms. The monoisotopic (exact) mass is 585 g/mol. The van der Waals surface area contributed by atoms with Gasteiger partial charge < -0.3 is 38.4 Å². The van der Waals surface area contributed by atoms with Crippen LogP contribution in [0, 0.1) is 6.92 Å². The van der Waals surface area contributed by atoms with Gasteiger partial charge in [-0.25, -0.2) is 4.79 Å². The van der Waals surface area contributed by atoms with Crippen molar-refractivity contribution >= 4 is 21.6 Å². The Morgan fingerprint density at radius 1 is 1.28 bits per heavy atom. The number of hydrogen-bond donors (Lipinski definition) is 2. The normalized spacial score (nSPS) is 21.6. The van der Waals surface area contributed by atoms with E-state index in [1.54, 1.807) is 21.0 Å². The highest BCUT2D eigenvalue weighted by Gasteiger charge is 2.36. The summed E-state index contributed by atoms with van der Waals surface area (Å²) in [7, 11) is -3.52. The molecule has 2 heterocycles. The Bertz CT molecular complexity index is 1110. The Balaban J connectivity index is 1.64. The smallest absolute Gasteiger partial charge is 0.342 e. The Kier molecular flexibility index (Phi) is 10.8. The molecule has 0 aromatic heterocycles. The van der Waals surface area contributed by atoms with Crippen LogP contribution in [0.15, 0.2) is 11.6 Å². The highest BCUT2D eigenvalue weighted by Crippen LogP contribution is 2.45. The van der Waals surface area contributed by atoms with Gasteiger partial charge in [0.2, 0.25) is 0 Å². The molecule has 2 aliphatic heterocycles. The molecule has 0 aliphatic carbocycles. The molecule has 3 rings (SSSR count). The first-order chi connectivity index (χ1) is 18.2. The molecule has 39 heavy (non-hydrogen) atoms. The predicted octanol–water partition coefficient (Wildman–Crippen LogP) is 4.78. The summed E-state index contributed by atoms with van der Waals surface area (Å²) in [6.45, 7) is 15.7. The summed E-state index contributed by atoms with van der Waals surface area (Å²) in [5, 5.41) is 3.19. The van der Waals surface area contributed by atoms with Crippen LogP contribution in [0.2, 0.25) is 25.7 Å². The van der Waals surface area contributed by atoms with E-state index in [2.05, 4.69) is 25.0 Å². The van der Waals surface area contributed by atoms with Crippen LogP contribution in [0.3, 0.4) is 0 Å². The average Bonchev–Trinajstić information content (AvgIpc) is 3.20. The molecular weight excluding hydrogens is 541 g/mol. The molecule has 0 bridgehead atoms. The van der Waals surface area contributed by atoms with Gasteiger partial charge in [0.1, 0.15) is 29.8 Å². The standard InChI is InChI=1S/C27H44NO9PSi/c1-17(15-28-11-13-38(30,31)37-19(3)27-35-20(4)36-27)9-10-21-24(32-5)18(2)22-16-34-26(29)23(22)25(21)33-12-14-39(6,7)8/h9,19-20,27-28H,10-16H2,1-8H3,(H,30,31)/b17-9+/t19-,20?,27?/m0/s1. The fraction of sp³-hybridized carbons (Fsp3) is 0.667. The lowest BCUT2D eigenvalue weighted by atomic mass is 9.95. The van der Waals surface area contributed by atoms with E-state index in [4.69, 9.17) is 28.2 Å². The number of benzene rings is 1. The van der Waals surface area contributed by atoms with Crippen molar-refractivity contribution in [3.05, 3.63) is 33.9 Å². The topological polar surface area (TPSA) is 122 Å². The number of methoxy groups -OCH3 is 1. The lowest BCUT2D eigenvalue weighted by molar-refractivity contribution is -0.394. The number of carbonyl (C=O) groups is 1. The van der Waals surface area contributed by atoms with Gasteiger partial charge in [0.15, 0.2) is 12.6 Å². The first-order valence-electron chi connectivity index (χ1n) is 13.4. The molecule has 1 aromatic rings. The van der Waals surface area contributed by atoms with E-state index in [9.17, 15) is 14.3 Å². The molecule has 0 radical (unpaired) electrons. The highest BCUT2D eigenvalue weighted by molar-refractivity contribution is 7.52. The van der Waals surface area contributed by atoms with Crippen LogP contribution in [-0.2, 0) is 36.3 Å². The summed E-state index contributed by atoms with van der Waals surface area (Å²) in [5.74, 6) is 0.886. The lowest BCUT2D eigenvalue weighted by Crippen LogP contribution is -2.46. The van der Waals surface area contributed by atoms with Gasteiger partial charge in [0.05, 0.1) is 19.9 Å². The maximum atomic E-state index is 12.7. The third kappa shape index (κ3) is 8.63. The molecular formula is C27H44NO9PSi. The van der Waals surface area contributed by atoms with Crippen molar-refractivity contribution < 1.29 is 42.5 Å². The molecule has 1 fully saturated rings. The Labute approximate surface area is 232 Å². The zero-order valence-electron chi connectivity index (χ0n) is 24.4. The minimum atomic E-state index is -3.80. The van der Waals surface area contributed by atoms with Gasteiger partial charge in [-0.15, -0.1) is 0 Å². The number of fused-ring (bicyclic) bond motifs is 1. The quantitative estimate of drug-likeness (QED) is 0.0978. The molecule has 10 nitrogen and oxygen atoms in total. The molecule has 2 aliphatic rings. The Morgan fingerprint density at radius 3 is 2.59 bits per heavy atom. The van der Waals surface area contributed by atoms with Crippen LogP contribution in [0.4, 0.5) is 0 Å². The van der Waals surface area contributed by atoms with Gasteiger partial charge in [-0.1, -0.05) is 31.3 Å². The minimum absolute atomic E-state index is 0.0398. The van der Waals surface area contributed by atoms with Crippen molar-refractivity contribution in [2.24, 2.45) is 0 Å². The van der Waals surface area contributed by atoms with Gasteiger partial charge in [-0.2, -0.15) is 0 Å². The van der Waals surface area contributed by atoms with Crippen molar-refractivity contribution in [2.75, 3.05) is 33.0 Å². The van der Waals surface area contributed by atoms with Gasteiger partial charge in [-0.05, 0) is 45.7 Å². The number of hydrogen-bond acceptors (Lipinski definition) is 9. The van der Waals surface area contributed by atoms with E-state index in [1.807, 2.05) is 19.9 Å². The number of esters is 1. The molecule has 2 atom stereocenters. The third-order valence-corrected chi connectivity index (χ3v) is 9.87. The zero-order valence-corrected chi connectivity index (χ0v) is 26.3. The second-order valence-corrected chi connectivity index (χ2v) is 18.9. The molecule has 2 N–H and O–H groups in total. The Hall–Kier alpha value is -1.72. The van der Waals surface area contributed by atoms with E-state index >= 15 is 0 Å². The van der Waals surface area contributed by atoms with Crippen LogP contribution < -0.4 is 14.8 Å². The molecule has 0 saturated carbocycles. The summed E-state index contributed by atoms with van der Waals surface area (Å²) in [6, 6.07) is 0.961. The van der Waals surface area contributed by atoms with Crippen LogP contribution in [0.5, 0.6) is 11.5 Å². The average molecular weight is 586 g/mol. The second-order valence-electron chi connectivity index (χ2n) is 11.4. The molecule has 0 spiro atoms.